The molecule has 0 aliphatic heterocycles. The lowest BCUT2D eigenvalue weighted by Gasteiger charge is -2.08. The first kappa shape index (κ1) is 21.3. The molecule has 0 saturated carbocycles. The molecule has 0 atom stereocenters. The van der Waals surface area contributed by atoms with Gasteiger partial charge in [-0.1, -0.05) is 24.3 Å². The molecule has 0 aliphatic carbocycles. The third-order valence-electron chi connectivity index (χ3n) is 4.82. The molecule has 0 aliphatic rings. The summed E-state index contributed by atoms with van der Waals surface area (Å²) in [6.45, 7) is 3.29. The summed E-state index contributed by atoms with van der Waals surface area (Å²) in [6.07, 6.45) is 3.09. The lowest BCUT2D eigenvalue weighted by molar-refractivity contribution is 0.581. The molecule has 4 aromatic rings. The fraction of sp³-hybridized carbons (Fsp3) is 0.136. The van der Waals surface area contributed by atoms with Gasteiger partial charge in [0.05, 0.1) is 28.2 Å². The fourth-order valence-electron chi connectivity index (χ4n) is 2.93. The first-order valence-corrected chi connectivity index (χ1v) is 11.3. The van der Waals surface area contributed by atoms with Crippen LogP contribution in [0.25, 0.3) is 34.3 Å². The van der Waals surface area contributed by atoms with Crippen LogP contribution in [0.5, 0.6) is 0 Å². The monoisotopic (exact) mass is 448 g/mol. The van der Waals surface area contributed by atoms with E-state index in [1.165, 1.54) is 6.20 Å². The summed E-state index contributed by atoms with van der Waals surface area (Å²) < 4.78 is 30.4. The second kappa shape index (κ2) is 8.31. The van der Waals surface area contributed by atoms with Crippen LogP contribution in [0.4, 0.5) is 0 Å². The largest absolute Gasteiger partial charge is 0.415 e. The van der Waals surface area contributed by atoms with Gasteiger partial charge in [-0.3, -0.25) is 10.4 Å². The number of sulfone groups is 1. The highest BCUT2D eigenvalue weighted by atomic mass is 32.2. The van der Waals surface area contributed by atoms with Crippen LogP contribution in [0.1, 0.15) is 19.4 Å². The Labute approximate surface area is 184 Å². The molecule has 2 heterocycles. The van der Waals surface area contributed by atoms with Gasteiger partial charge < -0.3 is 10.2 Å². The van der Waals surface area contributed by atoms with E-state index in [-0.39, 0.29) is 16.6 Å². The third kappa shape index (κ3) is 4.12. The van der Waals surface area contributed by atoms with Gasteiger partial charge in [-0.05, 0) is 38.1 Å². The Balaban J connectivity index is 1.61. The number of amidine groups is 1. The van der Waals surface area contributed by atoms with Crippen molar-refractivity contribution in [3.05, 3.63) is 66.5 Å². The predicted octanol–water partition coefficient (Wildman–Crippen LogP) is 3.33. The summed E-state index contributed by atoms with van der Waals surface area (Å²) in [4.78, 5) is 9.00. The van der Waals surface area contributed by atoms with Crippen molar-refractivity contribution < 1.29 is 12.8 Å². The number of hydrogen-bond acceptors (Lipinski definition) is 8. The average molecular weight is 449 g/mol. The van der Waals surface area contributed by atoms with Crippen molar-refractivity contribution >= 4 is 15.7 Å². The first-order valence-electron chi connectivity index (χ1n) is 9.71. The number of nitrogens with one attached hydrogen (secondary N) is 1. The van der Waals surface area contributed by atoms with Crippen molar-refractivity contribution in [2.75, 3.05) is 0 Å². The van der Waals surface area contributed by atoms with Crippen molar-refractivity contribution in [2.24, 2.45) is 5.73 Å². The highest BCUT2D eigenvalue weighted by molar-refractivity contribution is 7.92. The zero-order valence-electron chi connectivity index (χ0n) is 17.4. The predicted molar refractivity (Wildman–Crippen MR) is 120 cm³/mol. The van der Waals surface area contributed by atoms with Gasteiger partial charge in [0.15, 0.2) is 9.84 Å². The van der Waals surface area contributed by atoms with Crippen molar-refractivity contribution in [1.82, 2.24) is 20.2 Å². The van der Waals surface area contributed by atoms with Crippen LogP contribution in [0.2, 0.25) is 0 Å². The van der Waals surface area contributed by atoms with E-state index in [9.17, 15) is 8.42 Å². The number of nitrogens with two attached hydrogens (primary N) is 1. The molecule has 162 valence electrons. The quantitative estimate of drug-likeness (QED) is 0.337. The van der Waals surface area contributed by atoms with Crippen LogP contribution < -0.4 is 5.73 Å². The molecule has 10 heteroatoms. The summed E-state index contributed by atoms with van der Waals surface area (Å²) in [5, 5.41) is 15.1. The smallest absolute Gasteiger partial charge is 0.268 e. The van der Waals surface area contributed by atoms with E-state index in [0.29, 0.717) is 34.0 Å². The van der Waals surface area contributed by atoms with Crippen molar-refractivity contribution in [3.63, 3.8) is 0 Å². The third-order valence-corrected chi connectivity index (χ3v) is 6.99. The van der Waals surface area contributed by atoms with Gasteiger partial charge in [0, 0.05) is 16.7 Å². The molecule has 2 aromatic carbocycles. The molecule has 0 radical (unpaired) electrons. The van der Waals surface area contributed by atoms with E-state index in [2.05, 4.69) is 20.2 Å². The van der Waals surface area contributed by atoms with Crippen molar-refractivity contribution in [1.29, 1.82) is 5.41 Å². The second-order valence-electron chi connectivity index (χ2n) is 7.31. The molecular formula is C22H20N6O3S. The van der Waals surface area contributed by atoms with Gasteiger partial charge in [0.2, 0.25) is 5.89 Å². The number of nitrogen functional groups attached to an aromatic ring is 1. The number of hydrogen-bond donors (Lipinski definition) is 2. The van der Waals surface area contributed by atoms with Crippen LogP contribution in [-0.4, -0.2) is 39.7 Å². The SMILES string of the molecule is CC(C)S(=O)(=O)c1ccc(-c2cncc(-c3nnc(-c4ccc(C(=N)N)cc4)o3)n2)cc1. The van der Waals surface area contributed by atoms with Gasteiger partial charge in [-0.15, -0.1) is 10.2 Å². The summed E-state index contributed by atoms with van der Waals surface area (Å²) in [7, 11) is -3.35. The molecule has 32 heavy (non-hydrogen) atoms. The Morgan fingerprint density at radius 2 is 1.50 bits per heavy atom. The minimum Gasteiger partial charge on any atom is -0.415 e. The van der Waals surface area contributed by atoms with Gasteiger partial charge in [0.1, 0.15) is 11.5 Å². The van der Waals surface area contributed by atoms with E-state index < -0.39 is 15.1 Å². The average Bonchev–Trinajstić information content (AvgIpc) is 3.29. The topological polar surface area (TPSA) is 149 Å². The summed E-state index contributed by atoms with van der Waals surface area (Å²) in [6, 6.07) is 13.4. The first-order chi connectivity index (χ1) is 15.3. The minimum atomic E-state index is -3.35. The zero-order valence-corrected chi connectivity index (χ0v) is 18.2. The Hall–Kier alpha value is -3.92. The molecule has 2 aromatic heterocycles. The normalized spacial score (nSPS) is 11.6. The molecule has 0 fully saturated rings. The molecule has 3 N–H and O–H groups in total. The maximum Gasteiger partial charge on any atom is 0.268 e. The molecule has 0 spiro atoms. The van der Waals surface area contributed by atoms with Gasteiger partial charge in [-0.2, -0.15) is 0 Å². The maximum atomic E-state index is 12.3. The number of rotatable bonds is 6. The lowest BCUT2D eigenvalue weighted by atomic mass is 10.1. The van der Waals surface area contributed by atoms with Gasteiger partial charge in [0.25, 0.3) is 5.89 Å². The lowest BCUT2D eigenvalue weighted by Crippen LogP contribution is -2.13. The van der Waals surface area contributed by atoms with E-state index in [0.717, 1.165) is 0 Å². The van der Waals surface area contributed by atoms with E-state index in [1.807, 2.05) is 0 Å². The van der Waals surface area contributed by atoms with E-state index >= 15 is 0 Å². The fourth-order valence-corrected chi connectivity index (χ4v) is 3.99. The number of benzene rings is 2. The van der Waals surface area contributed by atoms with Gasteiger partial charge in [-0.25, -0.2) is 13.4 Å². The standard InChI is InChI=1S/C22H20N6O3S/c1-13(2)32(29,30)17-9-7-14(8-10-17)18-11-25-12-19(26-18)22-28-27-21(31-22)16-5-3-15(4-6-16)20(23)24/h3-13H,1-2H3,(H3,23,24). The second-order valence-corrected chi connectivity index (χ2v) is 9.82. The van der Waals surface area contributed by atoms with Crippen LogP contribution in [0.3, 0.4) is 0 Å². The van der Waals surface area contributed by atoms with Gasteiger partial charge >= 0.3 is 0 Å². The Morgan fingerprint density at radius 1 is 0.906 bits per heavy atom. The van der Waals surface area contributed by atoms with E-state index in [1.54, 1.807) is 68.6 Å². The highest BCUT2D eigenvalue weighted by Crippen LogP contribution is 2.26. The summed E-state index contributed by atoms with van der Waals surface area (Å²) >= 11 is 0. The Bertz CT molecular complexity index is 1380. The number of nitrogens with zero attached hydrogens (tertiary/aromatic N) is 4. The molecule has 0 bridgehead atoms. The molecule has 0 unspecified atom stereocenters. The van der Waals surface area contributed by atoms with Crippen LogP contribution >= 0.6 is 0 Å². The Kier molecular flexibility index (Phi) is 5.54. The van der Waals surface area contributed by atoms with Crippen LogP contribution in [0.15, 0.2) is 70.2 Å². The Morgan fingerprint density at radius 3 is 2.12 bits per heavy atom. The highest BCUT2D eigenvalue weighted by Gasteiger charge is 2.19. The molecule has 0 amide bonds. The minimum absolute atomic E-state index is 0.0234. The molecule has 4 rings (SSSR count). The molecule has 9 nitrogen and oxygen atoms in total. The summed E-state index contributed by atoms with van der Waals surface area (Å²) in [5.74, 6) is 0.472. The van der Waals surface area contributed by atoms with Crippen LogP contribution in [0, 0.1) is 5.41 Å². The van der Waals surface area contributed by atoms with E-state index in [4.69, 9.17) is 15.6 Å². The van der Waals surface area contributed by atoms with Crippen LogP contribution in [-0.2, 0) is 9.84 Å². The van der Waals surface area contributed by atoms with Crippen molar-refractivity contribution in [2.45, 2.75) is 24.0 Å². The maximum absolute atomic E-state index is 12.3. The number of aromatic nitrogens is 4. The van der Waals surface area contributed by atoms with Crippen molar-refractivity contribution in [3.8, 4) is 34.3 Å². The summed E-state index contributed by atoms with van der Waals surface area (Å²) in [5.41, 5.74) is 8.39. The zero-order chi connectivity index (χ0) is 22.9. The molecular weight excluding hydrogens is 428 g/mol. The molecule has 0 saturated heterocycles.